The van der Waals surface area contributed by atoms with Crippen LogP contribution in [0, 0.1) is 5.92 Å². The molecule has 18 heteroatoms. The Hall–Kier alpha value is -6.40. The van der Waals surface area contributed by atoms with Gasteiger partial charge in [0, 0.05) is 18.2 Å². The van der Waals surface area contributed by atoms with Crippen LogP contribution in [0.25, 0.3) is 0 Å². The van der Waals surface area contributed by atoms with Crippen LogP contribution in [0.3, 0.4) is 0 Å². The SMILES string of the molecule is C=CCOC(=O)NC(C(=O)NC(C)C(=O)Nc1ccc(COC(=O)Nc2cc(O[Si](C(C)C)(C(C)C)C(C)C)c(OC)cc2C(=O)N2CC(OC(=O)c3ccccc3)CC2CO)cc1)C(C)C. The Morgan fingerprint density at radius 1 is 0.806 bits per heavy atom. The Balaban J connectivity index is 1.52. The number of nitrogens with zero attached hydrogens (tertiary/aromatic N) is 1. The minimum Gasteiger partial charge on any atom is -0.540 e. The zero-order chi connectivity index (χ0) is 49.6. The first-order valence-electron chi connectivity index (χ1n) is 22.5. The molecule has 0 saturated carbocycles. The van der Waals surface area contributed by atoms with E-state index in [4.69, 9.17) is 23.4 Å². The number of benzene rings is 3. The molecule has 67 heavy (non-hydrogen) atoms. The molecule has 4 atom stereocenters. The summed E-state index contributed by atoms with van der Waals surface area (Å²) in [6, 6.07) is 15.4. The number of nitrogens with one attached hydrogen (secondary N) is 4. The van der Waals surface area contributed by atoms with Crippen molar-refractivity contribution < 1.29 is 57.2 Å². The largest absolute Gasteiger partial charge is 0.540 e. The molecule has 0 radical (unpaired) electrons. The van der Waals surface area contributed by atoms with Gasteiger partial charge in [-0.05, 0) is 65.4 Å². The Bertz CT molecular complexity index is 2180. The molecule has 5 N–H and O–H groups in total. The number of carbonyl (C=O) groups is 6. The monoisotopic (exact) mass is 945 g/mol. The second kappa shape index (κ2) is 24.4. The van der Waals surface area contributed by atoms with Gasteiger partial charge in [0.1, 0.15) is 37.2 Å². The van der Waals surface area contributed by atoms with Crippen molar-refractivity contribution in [1.82, 2.24) is 15.5 Å². The van der Waals surface area contributed by atoms with E-state index in [0.29, 0.717) is 22.6 Å². The number of alkyl carbamates (subject to hydrolysis) is 1. The number of amides is 5. The lowest BCUT2D eigenvalue weighted by molar-refractivity contribution is -0.128. The highest BCUT2D eigenvalue weighted by Gasteiger charge is 2.48. The van der Waals surface area contributed by atoms with E-state index in [1.54, 1.807) is 74.5 Å². The molecule has 1 fully saturated rings. The number of ether oxygens (including phenoxy) is 4. The van der Waals surface area contributed by atoms with Crippen molar-refractivity contribution in [1.29, 1.82) is 0 Å². The van der Waals surface area contributed by atoms with E-state index in [1.807, 2.05) is 0 Å². The molecule has 4 rings (SSSR count). The number of carbonyl (C=O) groups excluding carboxylic acids is 6. The maximum Gasteiger partial charge on any atom is 0.411 e. The number of esters is 1. The van der Waals surface area contributed by atoms with Gasteiger partial charge in [0.15, 0.2) is 5.75 Å². The quantitative estimate of drug-likeness (QED) is 0.0299. The highest BCUT2D eigenvalue weighted by molar-refractivity contribution is 6.78. The molecule has 4 unspecified atom stereocenters. The molecule has 1 aliphatic heterocycles. The molecule has 5 amide bonds. The molecular weight excluding hydrogens is 879 g/mol. The highest BCUT2D eigenvalue weighted by Crippen LogP contribution is 2.46. The summed E-state index contributed by atoms with van der Waals surface area (Å²) in [5, 5.41) is 21.0. The number of hydrogen-bond acceptors (Lipinski definition) is 12. The third-order valence-corrected chi connectivity index (χ3v) is 17.8. The molecule has 364 valence electrons. The average Bonchev–Trinajstić information content (AvgIpc) is 3.71. The predicted octanol–water partition coefficient (Wildman–Crippen LogP) is 7.81. The van der Waals surface area contributed by atoms with Crippen molar-refractivity contribution in [3.63, 3.8) is 0 Å². The topological polar surface area (TPSA) is 220 Å². The van der Waals surface area contributed by atoms with Gasteiger partial charge in [0.2, 0.25) is 11.8 Å². The van der Waals surface area contributed by atoms with E-state index in [1.165, 1.54) is 31.1 Å². The molecule has 0 bridgehead atoms. The van der Waals surface area contributed by atoms with E-state index in [9.17, 15) is 33.9 Å². The number of aliphatic hydroxyl groups excluding tert-OH is 1. The Morgan fingerprint density at radius 3 is 2.01 bits per heavy atom. The number of methoxy groups -OCH3 is 1. The van der Waals surface area contributed by atoms with Gasteiger partial charge in [-0.25, -0.2) is 14.4 Å². The molecule has 1 heterocycles. The van der Waals surface area contributed by atoms with Crippen molar-refractivity contribution in [2.75, 3.05) is 37.5 Å². The zero-order valence-corrected chi connectivity index (χ0v) is 41.2. The van der Waals surface area contributed by atoms with Crippen LogP contribution in [0.4, 0.5) is 21.0 Å². The van der Waals surface area contributed by atoms with E-state index in [-0.39, 0.29) is 65.7 Å². The third-order valence-electron chi connectivity index (χ3n) is 11.8. The van der Waals surface area contributed by atoms with Gasteiger partial charge in [-0.2, -0.15) is 0 Å². The lowest BCUT2D eigenvalue weighted by Crippen LogP contribution is -2.53. The average molecular weight is 946 g/mol. The van der Waals surface area contributed by atoms with Crippen LogP contribution in [0.1, 0.15) is 95.0 Å². The summed E-state index contributed by atoms with van der Waals surface area (Å²) in [5.74, 6) is -1.86. The molecule has 1 aliphatic rings. The van der Waals surface area contributed by atoms with Crippen LogP contribution >= 0.6 is 0 Å². The molecule has 3 aromatic rings. The van der Waals surface area contributed by atoms with Crippen molar-refractivity contribution >= 4 is 55.6 Å². The summed E-state index contributed by atoms with van der Waals surface area (Å²) in [4.78, 5) is 80.6. The summed E-state index contributed by atoms with van der Waals surface area (Å²) in [5.41, 5.74) is 1.99. The van der Waals surface area contributed by atoms with E-state index in [2.05, 4.69) is 69.4 Å². The van der Waals surface area contributed by atoms with E-state index in [0.717, 1.165) is 0 Å². The summed E-state index contributed by atoms with van der Waals surface area (Å²) in [6.07, 6.45) is -0.782. The number of rotatable bonds is 21. The van der Waals surface area contributed by atoms with E-state index >= 15 is 0 Å². The van der Waals surface area contributed by atoms with Crippen LogP contribution in [-0.4, -0.2) is 105 Å². The van der Waals surface area contributed by atoms with Gasteiger partial charge >= 0.3 is 18.2 Å². The third kappa shape index (κ3) is 13.8. The van der Waals surface area contributed by atoms with Crippen LogP contribution < -0.4 is 30.4 Å². The summed E-state index contributed by atoms with van der Waals surface area (Å²) in [7, 11) is -1.12. The minimum absolute atomic E-state index is 0.00799. The maximum atomic E-state index is 14.5. The zero-order valence-electron chi connectivity index (χ0n) is 40.2. The predicted molar refractivity (Wildman–Crippen MR) is 257 cm³/mol. The molecule has 0 spiro atoms. The standard InChI is InChI=1S/C49H67N5O12Si/c1-12-22-63-49(61)53-43(29(2)3)45(57)50-33(10)44(56)51-36-20-18-34(19-21-36)28-64-48(60)52-40-25-42(66-67(30(4)5,31(6)7)32(8)9)41(62-11)24-39(40)46(58)54-26-38(23-37(54)27-55)65-47(59)35-16-14-13-15-17-35/h12-21,24-25,29-33,37-38,43,55H,1,22-23,26-28H2,2-11H3,(H,50,57)(H,51,56)(H,52,60)(H,53,61). The molecule has 3 aromatic carbocycles. The van der Waals surface area contributed by atoms with Gasteiger partial charge in [-0.15, -0.1) is 0 Å². The van der Waals surface area contributed by atoms with Crippen LogP contribution in [-0.2, 0) is 30.4 Å². The normalized spacial score (nSPS) is 15.7. The lowest BCUT2D eigenvalue weighted by Gasteiger charge is -2.42. The second-order valence-corrected chi connectivity index (χ2v) is 23.1. The van der Waals surface area contributed by atoms with Gasteiger partial charge < -0.3 is 49.3 Å². The lowest BCUT2D eigenvalue weighted by atomic mass is 10.0. The summed E-state index contributed by atoms with van der Waals surface area (Å²) >= 11 is 0. The molecule has 17 nitrogen and oxygen atoms in total. The van der Waals surface area contributed by atoms with Crippen LogP contribution in [0.5, 0.6) is 11.5 Å². The van der Waals surface area contributed by atoms with Crippen molar-refractivity contribution in [3.05, 3.63) is 96.1 Å². The van der Waals surface area contributed by atoms with Crippen molar-refractivity contribution in [3.8, 4) is 11.5 Å². The Morgan fingerprint density at radius 2 is 1.45 bits per heavy atom. The second-order valence-electron chi connectivity index (χ2n) is 17.8. The fourth-order valence-electron chi connectivity index (χ4n) is 8.39. The fraction of sp³-hybridized carbons (Fsp3) is 0.469. The van der Waals surface area contributed by atoms with Crippen molar-refractivity contribution in [2.24, 2.45) is 5.92 Å². The van der Waals surface area contributed by atoms with Gasteiger partial charge in [-0.1, -0.05) is 98.4 Å². The smallest absolute Gasteiger partial charge is 0.411 e. The molecule has 1 saturated heterocycles. The first-order chi connectivity index (χ1) is 31.7. The Kier molecular flexibility index (Phi) is 19.4. The van der Waals surface area contributed by atoms with Crippen LogP contribution in [0.15, 0.2) is 79.4 Å². The van der Waals surface area contributed by atoms with Crippen molar-refractivity contribution in [2.45, 2.75) is 116 Å². The molecular formula is C49H67N5O12Si. The number of likely N-dealkylation sites (tertiary alicyclic amines) is 1. The molecule has 0 aliphatic carbocycles. The minimum atomic E-state index is -2.59. The van der Waals surface area contributed by atoms with E-state index < -0.39 is 75.0 Å². The van der Waals surface area contributed by atoms with Gasteiger partial charge in [-0.3, -0.25) is 19.7 Å². The summed E-state index contributed by atoms with van der Waals surface area (Å²) < 4.78 is 29.2. The maximum absolute atomic E-state index is 14.5. The number of hydrogen-bond donors (Lipinski definition) is 5. The van der Waals surface area contributed by atoms with Gasteiger partial charge in [0.05, 0.1) is 43.1 Å². The number of aliphatic hydroxyl groups is 1. The Labute approximate surface area is 394 Å². The summed E-state index contributed by atoms with van der Waals surface area (Å²) in [6.45, 7) is 20.7. The highest BCUT2D eigenvalue weighted by atomic mass is 28.4. The first-order valence-corrected chi connectivity index (χ1v) is 24.7. The molecule has 0 aromatic heterocycles. The fourth-order valence-corrected chi connectivity index (χ4v) is 13.6. The first kappa shape index (κ1) is 53.2. The number of anilines is 2. The van der Waals surface area contributed by atoms with Gasteiger partial charge in [0.25, 0.3) is 14.2 Å². The van der Waals surface area contributed by atoms with Crippen LogP contribution in [0.2, 0.25) is 16.6 Å².